The van der Waals surface area contributed by atoms with Crippen molar-refractivity contribution in [3.8, 4) is 23.3 Å². The van der Waals surface area contributed by atoms with Gasteiger partial charge >= 0.3 is 0 Å². The number of nitriles is 1. The number of benzene rings is 2. The molecule has 0 unspecified atom stereocenters. The van der Waals surface area contributed by atoms with Gasteiger partial charge < -0.3 is 24.1 Å². The van der Waals surface area contributed by atoms with Crippen LogP contribution in [0.3, 0.4) is 0 Å². The zero-order valence-corrected chi connectivity index (χ0v) is 18.2. The number of nitrogens with one attached hydrogen (secondary N) is 1. The predicted molar refractivity (Wildman–Crippen MR) is 119 cm³/mol. The third-order valence-corrected chi connectivity index (χ3v) is 4.48. The minimum absolute atomic E-state index is 0.102. The second-order valence-electron chi connectivity index (χ2n) is 6.48. The van der Waals surface area contributed by atoms with Crippen molar-refractivity contribution in [1.82, 2.24) is 5.16 Å². The van der Waals surface area contributed by atoms with E-state index in [1.807, 2.05) is 18.2 Å². The average molecular weight is 454 g/mol. The Morgan fingerprint density at radius 1 is 1.16 bits per heavy atom. The molecule has 0 saturated heterocycles. The van der Waals surface area contributed by atoms with Crippen molar-refractivity contribution in [2.24, 2.45) is 0 Å². The van der Waals surface area contributed by atoms with E-state index in [1.165, 1.54) is 13.2 Å². The van der Waals surface area contributed by atoms with Crippen molar-refractivity contribution in [1.29, 1.82) is 5.26 Å². The lowest BCUT2D eigenvalue weighted by Crippen LogP contribution is -2.13. The summed E-state index contributed by atoms with van der Waals surface area (Å²) in [4.78, 5) is 12.3. The van der Waals surface area contributed by atoms with E-state index in [2.05, 4.69) is 10.5 Å². The van der Waals surface area contributed by atoms with Crippen molar-refractivity contribution in [3.63, 3.8) is 0 Å². The Balaban J connectivity index is 1.63. The monoisotopic (exact) mass is 453 g/mol. The molecular formula is C23H20ClN3O5. The molecule has 0 aliphatic carbocycles. The molecule has 2 aromatic carbocycles. The second-order valence-corrected chi connectivity index (χ2v) is 6.89. The maximum atomic E-state index is 12.3. The molecule has 32 heavy (non-hydrogen) atoms. The van der Waals surface area contributed by atoms with Crippen LogP contribution in [-0.2, 0) is 4.79 Å². The first-order valence-corrected chi connectivity index (χ1v) is 9.92. The molecule has 0 spiro atoms. The Bertz CT molecular complexity index is 1170. The van der Waals surface area contributed by atoms with Gasteiger partial charge in [0, 0.05) is 6.07 Å². The highest BCUT2D eigenvalue weighted by atomic mass is 35.5. The smallest absolute Gasteiger partial charge is 0.267 e. The Labute approximate surface area is 189 Å². The zero-order valence-electron chi connectivity index (χ0n) is 17.4. The number of hydrogen-bond acceptors (Lipinski definition) is 7. The summed E-state index contributed by atoms with van der Waals surface area (Å²) in [7, 11) is 1.50. The molecule has 0 radical (unpaired) electrons. The standard InChI is InChI=1S/C23H20ClN3O5/c1-15-11-22(27-32-15)26-23(28)17(14-25)12-16-7-8-20(21(13-16)29-2)31-10-9-30-19-6-4-3-5-18(19)24/h3-8,11-13H,9-10H2,1-2H3,(H,26,27,28)/b17-12-. The SMILES string of the molecule is COc1cc(/C=C(/C#N)C(=O)Nc2cc(C)on2)ccc1OCCOc1ccccc1Cl. The molecule has 1 aromatic heterocycles. The lowest BCUT2D eigenvalue weighted by Gasteiger charge is -2.12. The zero-order chi connectivity index (χ0) is 22.9. The molecule has 1 amide bonds. The maximum Gasteiger partial charge on any atom is 0.267 e. The minimum atomic E-state index is -0.600. The van der Waals surface area contributed by atoms with E-state index in [-0.39, 0.29) is 24.6 Å². The molecule has 3 rings (SSSR count). The van der Waals surface area contributed by atoms with E-state index >= 15 is 0 Å². The molecule has 0 fully saturated rings. The molecule has 0 bridgehead atoms. The molecular weight excluding hydrogens is 434 g/mol. The van der Waals surface area contributed by atoms with Crippen LogP contribution in [0.5, 0.6) is 17.2 Å². The van der Waals surface area contributed by atoms with E-state index in [0.29, 0.717) is 33.6 Å². The van der Waals surface area contributed by atoms with Crippen LogP contribution < -0.4 is 19.5 Å². The normalized spacial score (nSPS) is 10.9. The summed E-state index contributed by atoms with van der Waals surface area (Å²) in [6, 6.07) is 15.7. The number of aryl methyl sites for hydroxylation is 1. The van der Waals surface area contributed by atoms with Crippen LogP contribution in [0.2, 0.25) is 5.02 Å². The van der Waals surface area contributed by atoms with Crippen molar-refractivity contribution in [2.45, 2.75) is 6.92 Å². The average Bonchev–Trinajstić information content (AvgIpc) is 3.20. The number of aromatic nitrogens is 1. The van der Waals surface area contributed by atoms with Crippen LogP contribution in [0.25, 0.3) is 6.08 Å². The fraction of sp³-hybridized carbons (Fsp3) is 0.174. The molecule has 8 nitrogen and oxygen atoms in total. The quantitative estimate of drug-likeness (QED) is 0.285. The van der Waals surface area contributed by atoms with Gasteiger partial charge in [0.15, 0.2) is 17.3 Å². The van der Waals surface area contributed by atoms with Crippen molar-refractivity contribution in [2.75, 3.05) is 25.6 Å². The molecule has 1 heterocycles. The molecule has 1 N–H and O–H groups in total. The molecule has 0 aliphatic rings. The van der Waals surface area contributed by atoms with Gasteiger partial charge in [-0.1, -0.05) is 35.0 Å². The Hall–Kier alpha value is -3.96. The number of nitrogens with zero attached hydrogens (tertiary/aromatic N) is 2. The first-order valence-electron chi connectivity index (χ1n) is 9.55. The number of carbonyl (C=O) groups is 1. The molecule has 0 aliphatic heterocycles. The van der Waals surface area contributed by atoms with E-state index in [0.717, 1.165) is 0 Å². The van der Waals surface area contributed by atoms with Crippen LogP contribution in [0, 0.1) is 18.3 Å². The van der Waals surface area contributed by atoms with Crippen LogP contribution in [0.15, 0.2) is 58.6 Å². The molecule has 164 valence electrons. The number of anilines is 1. The highest BCUT2D eigenvalue weighted by Gasteiger charge is 2.13. The van der Waals surface area contributed by atoms with Crippen LogP contribution in [0.4, 0.5) is 5.82 Å². The van der Waals surface area contributed by atoms with Gasteiger partial charge in [0.1, 0.15) is 36.4 Å². The van der Waals surface area contributed by atoms with Gasteiger partial charge in [-0.2, -0.15) is 5.26 Å². The van der Waals surface area contributed by atoms with Gasteiger partial charge in [-0.05, 0) is 42.8 Å². The number of halogens is 1. The fourth-order valence-corrected chi connectivity index (χ4v) is 2.87. The summed E-state index contributed by atoms with van der Waals surface area (Å²) in [5, 5.41) is 16.1. The van der Waals surface area contributed by atoms with Crippen LogP contribution in [-0.4, -0.2) is 31.4 Å². The number of hydrogen-bond donors (Lipinski definition) is 1. The largest absolute Gasteiger partial charge is 0.493 e. The summed E-state index contributed by atoms with van der Waals surface area (Å²) in [5.74, 6) is 1.69. The Morgan fingerprint density at radius 3 is 2.56 bits per heavy atom. The van der Waals surface area contributed by atoms with E-state index < -0.39 is 5.91 Å². The lowest BCUT2D eigenvalue weighted by atomic mass is 10.1. The van der Waals surface area contributed by atoms with Gasteiger partial charge in [-0.15, -0.1) is 0 Å². The van der Waals surface area contributed by atoms with E-state index in [1.54, 1.807) is 43.3 Å². The summed E-state index contributed by atoms with van der Waals surface area (Å²) in [6.45, 7) is 2.25. The highest BCUT2D eigenvalue weighted by molar-refractivity contribution is 6.32. The van der Waals surface area contributed by atoms with Crippen LogP contribution in [0.1, 0.15) is 11.3 Å². The number of rotatable bonds is 9. The van der Waals surface area contributed by atoms with Crippen molar-refractivity contribution < 1.29 is 23.5 Å². The highest BCUT2D eigenvalue weighted by Crippen LogP contribution is 2.29. The molecule has 0 saturated carbocycles. The van der Waals surface area contributed by atoms with Crippen LogP contribution >= 0.6 is 11.6 Å². The molecule has 3 aromatic rings. The number of methoxy groups -OCH3 is 1. The summed E-state index contributed by atoms with van der Waals surface area (Å²) >= 11 is 6.06. The van der Waals surface area contributed by atoms with Gasteiger partial charge in [-0.3, -0.25) is 4.79 Å². The fourth-order valence-electron chi connectivity index (χ4n) is 2.68. The van der Waals surface area contributed by atoms with E-state index in [4.69, 9.17) is 30.3 Å². The van der Waals surface area contributed by atoms with Gasteiger partial charge in [0.05, 0.1) is 12.1 Å². The molecule has 9 heteroatoms. The van der Waals surface area contributed by atoms with Gasteiger partial charge in [-0.25, -0.2) is 0 Å². The summed E-state index contributed by atoms with van der Waals surface area (Å²) in [5.41, 5.74) is 0.485. The summed E-state index contributed by atoms with van der Waals surface area (Å²) in [6.07, 6.45) is 1.44. The Morgan fingerprint density at radius 2 is 1.91 bits per heavy atom. The Kier molecular flexibility index (Phi) is 7.73. The second kappa shape index (κ2) is 10.9. The third kappa shape index (κ3) is 6.03. The van der Waals surface area contributed by atoms with Gasteiger partial charge in [0.25, 0.3) is 5.91 Å². The number of carbonyl (C=O) groups excluding carboxylic acids is 1. The first-order chi connectivity index (χ1) is 15.5. The van der Waals surface area contributed by atoms with Crippen molar-refractivity contribution >= 4 is 29.4 Å². The number of amides is 1. The molecule has 0 atom stereocenters. The number of ether oxygens (including phenoxy) is 3. The van der Waals surface area contributed by atoms with Gasteiger partial charge in [0.2, 0.25) is 0 Å². The number of para-hydroxylation sites is 1. The van der Waals surface area contributed by atoms with Crippen molar-refractivity contribution in [3.05, 3.63) is 70.5 Å². The lowest BCUT2D eigenvalue weighted by molar-refractivity contribution is -0.112. The first kappa shape index (κ1) is 22.7. The third-order valence-electron chi connectivity index (χ3n) is 4.17. The predicted octanol–water partition coefficient (Wildman–Crippen LogP) is 4.65. The minimum Gasteiger partial charge on any atom is -0.493 e. The summed E-state index contributed by atoms with van der Waals surface area (Å²) < 4.78 is 21.6. The topological polar surface area (TPSA) is 107 Å². The maximum absolute atomic E-state index is 12.3. The van der Waals surface area contributed by atoms with E-state index in [9.17, 15) is 10.1 Å².